The molecule has 0 fully saturated rings. The molecule has 0 saturated carbocycles. The number of nitriles is 1. The number of hydrogen-bond donors (Lipinski definition) is 0. The molecule has 14 heavy (non-hydrogen) atoms. The fraction of sp³-hybridized carbons (Fsp3) is 0.364. The van der Waals surface area contributed by atoms with Crippen LogP contribution < -0.4 is 9.47 Å². The topological polar surface area (TPSA) is 42.2 Å². The predicted molar refractivity (Wildman–Crippen MR) is 51.6 cm³/mol. The third-order valence-corrected chi connectivity index (χ3v) is 2.62. The first-order valence-electron chi connectivity index (χ1n) is 4.45. The van der Waals surface area contributed by atoms with Gasteiger partial charge in [-0.2, -0.15) is 5.26 Å². The Labute approximate surface area is 82.9 Å². The molecule has 0 aliphatic heterocycles. The molecule has 2 rings (SSSR count). The van der Waals surface area contributed by atoms with E-state index in [2.05, 4.69) is 6.07 Å². The number of benzene rings is 1. The third kappa shape index (κ3) is 1.04. The van der Waals surface area contributed by atoms with Gasteiger partial charge in [0.15, 0.2) is 11.5 Å². The van der Waals surface area contributed by atoms with E-state index < -0.39 is 0 Å². The lowest BCUT2D eigenvalue weighted by atomic mass is 9.78. The Kier molecular flexibility index (Phi) is 2.05. The molecule has 1 aliphatic rings. The summed E-state index contributed by atoms with van der Waals surface area (Å²) in [7, 11) is 3.24. The van der Waals surface area contributed by atoms with Crippen molar-refractivity contribution < 1.29 is 9.47 Å². The van der Waals surface area contributed by atoms with Crippen LogP contribution in [0.5, 0.6) is 11.5 Å². The molecule has 0 amide bonds. The molecular formula is C11H11NO2. The van der Waals surface area contributed by atoms with Crippen LogP contribution >= 0.6 is 0 Å². The molecule has 3 heteroatoms. The van der Waals surface area contributed by atoms with Gasteiger partial charge < -0.3 is 9.47 Å². The van der Waals surface area contributed by atoms with Gasteiger partial charge in [0, 0.05) is 5.56 Å². The van der Waals surface area contributed by atoms with Gasteiger partial charge in [0.05, 0.1) is 26.2 Å². The Morgan fingerprint density at radius 2 is 2.14 bits per heavy atom. The molecule has 1 unspecified atom stereocenters. The van der Waals surface area contributed by atoms with Gasteiger partial charge in [-0.1, -0.05) is 6.07 Å². The molecule has 0 aromatic heterocycles. The van der Waals surface area contributed by atoms with Crippen molar-refractivity contribution in [2.75, 3.05) is 14.2 Å². The third-order valence-electron chi connectivity index (χ3n) is 2.62. The second-order valence-electron chi connectivity index (χ2n) is 3.25. The zero-order chi connectivity index (χ0) is 10.1. The second-order valence-corrected chi connectivity index (χ2v) is 3.25. The van der Waals surface area contributed by atoms with Crippen LogP contribution in [0.4, 0.5) is 0 Å². The van der Waals surface area contributed by atoms with Crippen LogP contribution in [-0.2, 0) is 6.42 Å². The van der Waals surface area contributed by atoms with Gasteiger partial charge >= 0.3 is 0 Å². The molecule has 0 heterocycles. The molecule has 0 radical (unpaired) electrons. The first-order chi connectivity index (χ1) is 6.81. The zero-order valence-corrected chi connectivity index (χ0v) is 8.20. The van der Waals surface area contributed by atoms with Crippen molar-refractivity contribution in [3.63, 3.8) is 0 Å². The van der Waals surface area contributed by atoms with E-state index in [4.69, 9.17) is 14.7 Å². The zero-order valence-electron chi connectivity index (χ0n) is 8.20. The Morgan fingerprint density at radius 3 is 2.71 bits per heavy atom. The summed E-state index contributed by atoms with van der Waals surface area (Å²) in [6.07, 6.45) is 0.770. The van der Waals surface area contributed by atoms with Gasteiger partial charge in [0.2, 0.25) is 0 Å². The van der Waals surface area contributed by atoms with Gasteiger partial charge in [-0.3, -0.25) is 0 Å². The van der Waals surface area contributed by atoms with Crippen molar-refractivity contribution in [3.05, 3.63) is 23.3 Å². The van der Waals surface area contributed by atoms with E-state index in [0.29, 0.717) is 0 Å². The summed E-state index contributed by atoms with van der Waals surface area (Å²) in [6, 6.07) is 6.04. The van der Waals surface area contributed by atoms with Gasteiger partial charge in [-0.05, 0) is 18.1 Å². The molecule has 3 nitrogen and oxygen atoms in total. The van der Waals surface area contributed by atoms with Crippen LogP contribution in [0.15, 0.2) is 12.1 Å². The predicted octanol–water partition coefficient (Wildman–Crippen LogP) is 1.87. The summed E-state index contributed by atoms with van der Waals surface area (Å²) < 4.78 is 10.4. The van der Waals surface area contributed by atoms with Crippen molar-refractivity contribution in [1.82, 2.24) is 0 Å². The Bertz CT molecular complexity index is 406. The van der Waals surface area contributed by atoms with E-state index in [9.17, 15) is 0 Å². The first-order valence-corrected chi connectivity index (χ1v) is 4.45. The average Bonchev–Trinajstić information content (AvgIpc) is 2.19. The van der Waals surface area contributed by atoms with Crippen LogP contribution in [0.25, 0.3) is 0 Å². The molecule has 1 atom stereocenters. The van der Waals surface area contributed by atoms with Gasteiger partial charge in [-0.25, -0.2) is 0 Å². The van der Waals surface area contributed by atoms with Crippen molar-refractivity contribution in [2.45, 2.75) is 12.3 Å². The largest absolute Gasteiger partial charge is 0.493 e. The van der Waals surface area contributed by atoms with E-state index >= 15 is 0 Å². The summed E-state index contributed by atoms with van der Waals surface area (Å²) in [4.78, 5) is 0. The minimum absolute atomic E-state index is 0.0322. The van der Waals surface area contributed by atoms with Crippen LogP contribution in [-0.4, -0.2) is 14.2 Å². The molecule has 0 spiro atoms. The quantitative estimate of drug-likeness (QED) is 0.713. The molecule has 1 aromatic rings. The van der Waals surface area contributed by atoms with Crippen LogP contribution in [0.1, 0.15) is 17.0 Å². The van der Waals surface area contributed by atoms with Crippen molar-refractivity contribution in [3.8, 4) is 17.6 Å². The summed E-state index contributed by atoms with van der Waals surface area (Å²) >= 11 is 0. The molecule has 1 aliphatic carbocycles. The van der Waals surface area contributed by atoms with E-state index in [1.807, 2.05) is 12.1 Å². The van der Waals surface area contributed by atoms with Gasteiger partial charge in [0.25, 0.3) is 0 Å². The lowest BCUT2D eigenvalue weighted by Gasteiger charge is -2.27. The lowest BCUT2D eigenvalue weighted by Crippen LogP contribution is -2.17. The smallest absolute Gasteiger partial charge is 0.164 e. The number of methoxy groups -OCH3 is 2. The fourth-order valence-corrected chi connectivity index (χ4v) is 1.84. The maximum atomic E-state index is 8.80. The van der Waals surface area contributed by atoms with E-state index in [1.165, 1.54) is 0 Å². The molecule has 0 saturated heterocycles. The maximum Gasteiger partial charge on any atom is 0.164 e. The SMILES string of the molecule is COc1ccc2c(c1OC)CC2C#N. The van der Waals surface area contributed by atoms with Crippen LogP contribution in [0, 0.1) is 11.3 Å². The Morgan fingerprint density at radius 1 is 1.36 bits per heavy atom. The first kappa shape index (κ1) is 8.89. The summed E-state index contributed by atoms with van der Waals surface area (Å²) in [5.41, 5.74) is 2.18. The highest BCUT2D eigenvalue weighted by Gasteiger charge is 2.30. The highest BCUT2D eigenvalue weighted by molar-refractivity contribution is 5.58. The number of ether oxygens (including phenoxy) is 2. The van der Waals surface area contributed by atoms with Crippen molar-refractivity contribution >= 4 is 0 Å². The molecule has 0 N–H and O–H groups in total. The van der Waals surface area contributed by atoms with Gasteiger partial charge in [-0.15, -0.1) is 0 Å². The van der Waals surface area contributed by atoms with Crippen molar-refractivity contribution in [1.29, 1.82) is 5.26 Å². The van der Waals surface area contributed by atoms with Crippen LogP contribution in [0.3, 0.4) is 0 Å². The molecule has 0 bridgehead atoms. The lowest BCUT2D eigenvalue weighted by molar-refractivity contribution is 0.347. The fourth-order valence-electron chi connectivity index (χ4n) is 1.84. The number of nitrogens with zero attached hydrogens (tertiary/aromatic N) is 1. The Balaban J connectivity index is 2.48. The minimum atomic E-state index is 0.0322. The van der Waals surface area contributed by atoms with E-state index in [-0.39, 0.29) is 5.92 Å². The van der Waals surface area contributed by atoms with Gasteiger partial charge in [0.1, 0.15) is 0 Å². The number of hydrogen-bond acceptors (Lipinski definition) is 3. The molecule has 72 valence electrons. The summed E-state index contributed by atoms with van der Waals surface area (Å²) in [5, 5.41) is 8.80. The maximum absolute atomic E-state index is 8.80. The summed E-state index contributed by atoms with van der Waals surface area (Å²) in [6.45, 7) is 0. The average molecular weight is 189 g/mol. The molecular weight excluding hydrogens is 178 g/mol. The highest BCUT2D eigenvalue weighted by atomic mass is 16.5. The normalized spacial score (nSPS) is 17.6. The minimum Gasteiger partial charge on any atom is -0.493 e. The molecule has 1 aromatic carbocycles. The van der Waals surface area contributed by atoms with E-state index in [1.54, 1.807) is 14.2 Å². The monoisotopic (exact) mass is 189 g/mol. The summed E-state index contributed by atoms with van der Waals surface area (Å²) in [5.74, 6) is 1.55. The highest BCUT2D eigenvalue weighted by Crippen LogP contribution is 2.45. The standard InChI is InChI=1S/C11H11NO2/c1-13-10-4-3-8-7(6-12)5-9(8)11(10)14-2/h3-4,7H,5H2,1-2H3. The second kappa shape index (κ2) is 3.22. The number of rotatable bonds is 2. The number of fused-ring (bicyclic) bond motifs is 1. The van der Waals surface area contributed by atoms with Crippen molar-refractivity contribution in [2.24, 2.45) is 0 Å². The van der Waals surface area contributed by atoms with E-state index in [0.717, 1.165) is 29.0 Å². The van der Waals surface area contributed by atoms with Crippen LogP contribution in [0.2, 0.25) is 0 Å². The Hall–Kier alpha value is -1.69.